The van der Waals surface area contributed by atoms with Crippen molar-refractivity contribution in [1.29, 1.82) is 0 Å². The monoisotopic (exact) mass is 326 g/mol. The fourth-order valence-corrected chi connectivity index (χ4v) is 2.28. The Balaban J connectivity index is 2.13. The molecule has 2 rings (SSSR count). The van der Waals surface area contributed by atoms with Gasteiger partial charge in [-0.3, -0.25) is 9.59 Å². The molecule has 1 unspecified atom stereocenters. The molecular formula is C15H16F2N2O4. The fraction of sp³-hybridized carbons (Fsp3) is 0.400. The summed E-state index contributed by atoms with van der Waals surface area (Å²) >= 11 is 0. The SMILES string of the molecule is CC(C)(NC(=O)C1CC(=O)N(c2ccc(F)cc2F)C1)C(=O)O. The van der Waals surface area contributed by atoms with E-state index >= 15 is 0 Å². The lowest BCUT2D eigenvalue weighted by Gasteiger charge is -2.23. The van der Waals surface area contributed by atoms with Crippen LogP contribution in [0.15, 0.2) is 18.2 Å². The van der Waals surface area contributed by atoms with Crippen LogP contribution in [-0.2, 0) is 14.4 Å². The van der Waals surface area contributed by atoms with Gasteiger partial charge >= 0.3 is 5.97 Å². The largest absolute Gasteiger partial charge is 0.480 e. The molecule has 0 radical (unpaired) electrons. The normalized spacial score (nSPS) is 18.2. The predicted octanol–water partition coefficient (Wildman–Crippen LogP) is 1.30. The quantitative estimate of drug-likeness (QED) is 0.873. The van der Waals surface area contributed by atoms with E-state index in [0.717, 1.165) is 17.0 Å². The minimum atomic E-state index is -1.48. The van der Waals surface area contributed by atoms with Gasteiger partial charge in [-0.25, -0.2) is 13.6 Å². The van der Waals surface area contributed by atoms with Crippen molar-refractivity contribution in [2.45, 2.75) is 25.8 Å². The average molecular weight is 326 g/mol. The molecule has 0 bridgehead atoms. The van der Waals surface area contributed by atoms with E-state index in [4.69, 9.17) is 5.11 Å². The van der Waals surface area contributed by atoms with E-state index in [1.165, 1.54) is 13.8 Å². The maximum absolute atomic E-state index is 13.8. The van der Waals surface area contributed by atoms with Gasteiger partial charge in [-0.15, -0.1) is 0 Å². The van der Waals surface area contributed by atoms with E-state index in [9.17, 15) is 23.2 Å². The van der Waals surface area contributed by atoms with Crippen molar-refractivity contribution in [3.05, 3.63) is 29.8 Å². The van der Waals surface area contributed by atoms with Crippen LogP contribution in [-0.4, -0.2) is 35.0 Å². The number of hydrogen-bond acceptors (Lipinski definition) is 3. The summed E-state index contributed by atoms with van der Waals surface area (Å²) in [5.41, 5.74) is -1.58. The number of anilines is 1. The van der Waals surface area contributed by atoms with Crippen LogP contribution in [0.3, 0.4) is 0 Å². The summed E-state index contributed by atoms with van der Waals surface area (Å²) in [4.78, 5) is 36.2. The summed E-state index contributed by atoms with van der Waals surface area (Å²) in [6.07, 6.45) is -0.168. The molecule has 124 valence electrons. The number of benzene rings is 1. The number of nitrogens with zero attached hydrogens (tertiary/aromatic N) is 1. The topological polar surface area (TPSA) is 86.7 Å². The minimum Gasteiger partial charge on any atom is -0.480 e. The van der Waals surface area contributed by atoms with Crippen LogP contribution in [0.5, 0.6) is 0 Å². The van der Waals surface area contributed by atoms with E-state index in [1.54, 1.807) is 0 Å². The molecule has 1 atom stereocenters. The van der Waals surface area contributed by atoms with Gasteiger partial charge in [0.25, 0.3) is 0 Å². The lowest BCUT2D eigenvalue weighted by Crippen LogP contribution is -2.51. The lowest BCUT2D eigenvalue weighted by molar-refractivity contribution is -0.146. The Hall–Kier alpha value is -2.51. The van der Waals surface area contributed by atoms with E-state index in [-0.39, 0.29) is 18.7 Å². The van der Waals surface area contributed by atoms with Crippen LogP contribution in [0.2, 0.25) is 0 Å². The zero-order valence-electron chi connectivity index (χ0n) is 12.6. The van der Waals surface area contributed by atoms with Crippen molar-refractivity contribution in [3.63, 3.8) is 0 Å². The summed E-state index contributed by atoms with van der Waals surface area (Å²) in [5, 5.41) is 11.3. The molecule has 1 aliphatic rings. The van der Waals surface area contributed by atoms with E-state index in [2.05, 4.69) is 5.32 Å². The number of nitrogens with one attached hydrogen (secondary N) is 1. The van der Waals surface area contributed by atoms with E-state index in [0.29, 0.717) is 6.07 Å². The second-order valence-corrected chi connectivity index (χ2v) is 5.92. The number of carboxylic acids is 1. The Morgan fingerprint density at radius 3 is 2.57 bits per heavy atom. The Kier molecular flexibility index (Phi) is 4.35. The first kappa shape index (κ1) is 16.9. The van der Waals surface area contributed by atoms with Crippen molar-refractivity contribution in [3.8, 4) is 0 Å². The van der Waals surface area contributed by atoms with Gasteiger partial charge in [0.1, 0.15) is 17.2 Å². The first-order valence-electron chi connectivity index (χ1n) is 6.92. The first-order valence-corrected chi connectivity index (χ1v) is 6.92. The molecule has 1 aromatic rings. The second-order valence-electron chi connectivity index (χ2n) is 5.92. The van der Waals surface area contributed by atoms with Crippen LogP contribution >= 0.6 is 0 Å². The zero-order valence-corrected chi connectivity index (χ0v) is 12.6. The van der Waals surface area contributed by atoms with Gasteiger partial charge < -0.3 is 15.3 Å². The van der Waals surface area contributed by atoms with Crippen LogP contribution in [0.1, 0.15) is 20.3 Å². The summed E-state index contributed by atoms with van der Waals surface area (Å²) in [7, 11) is 0. The first-order chi connectivity index (χ1) is 10.6. The van der Waals surface area contributed by atoms with Gasteiger partial charge in [-0.05, 0) is 26.0 Å². The Labute approximate surface area is 131 Å². The molecule has 0 spiro atoms. The molecule has 0 aliphatic carbocycles. The number of rotatable bonds is 4. The van der Waals surface area contributed by atoms with Gasteiger partial charge in [-0.1, -0.05) is 0 Å². The van der Waals surface area contributed by atoms with Crippen molar-refractivity contribution >= 4 is 23.5 Å². The summed E-state index contributed by atoms with van der Waals surface area (Å²) in [6.45, 7) is 2.55. The highest BCUT2D eigenvalue weighted by Crippen LogP contribution is 2.28. The number of aliphatic carboxylic acids is 1. The number of halogens is 2. The molecule has 8 heteroatoms. The van der Waals surface area contributed by atoms with Gasteiger partial charge in [0.05, 0.1) is 11.6 Å². The number of carbonyl (C=O) groups excluding carboxylic acids is 2. The van der Waals surface area contributed by atoms with Crippen molar-refractivity contribution in [2.24, 2.45) is 5.92 Å². The Bertz CT molecular complexity index is 675. The fourth-order valence-electron chi connectivity index (χ4n) is 2.28. The Morgan fingerprint density at radius 2 is 2.00 bits per heavy atom. The molecule has 0 saturated carbocycles. The van der Waals surface area contributed by atoms with Crippen molar-refractivity contribution in [1.82, 2.24) is 5.32 Å². The van der Waals surface area contributed by atoms with E-state index in [1.807, 2.05) is 0 Å². The van der Waals surface area contributed by atoms with Crippen LogP contribution in [0, 0.1) is 17.6 Å². The summed E-state index contributed by atoms with van der Waals surface area (Å²) in [6, 6.07) is 2.81. The molecule has 1 saturated heterocycles. The lowest BCUT2D eigenvalue weighted by atomic mass is 10.0. The molecule has 2 amide bonds. The number of carbonyl (C=O) groups is 3. The maximum atomic E-state index is 13.8. The van der Waals surface area contributed by atoms with Crippen molar-refractivity contribution < 1.29 is 28.3 Å². The van der Waals surface area contributed by atoms with Crippen LogP contribution in [0.4, 0.5) is 14.5 Å². The number of amides is 2. The highest BCUT2D eigenvalue weighted by atomic mass is 19.1. The standard InChI is InChI=1S/C15H16F2N2O4/c1-15(2,14(22)23)18-13(21)8-5-12(20)19(7-8)11-4-3-9(16)6-10(11)17/h3-4,6,8H,5,7H2,1-2H3,(H,18,21)(H,22,23). The predicted molar refractivity (Wildman–Crippen MR) is 76.7 cm³/mol. The van der Waals surface area contributed by atoms with Gasteiger partial charge in [0.15, 0.2) is 0 Å². The molecule has 1 aliphatic heterocycles. The molecule has 23 heavy (non-hydrogen) atoms. The third-order valence-corrected chi connectivity index (χ3v) is 3.67. The van der Waals surface area contributed by atoms with Crippen molar-refractivity contribution in [2.75, 3.05) is 11.4 Å². The summed E-state index contributed by atoms with van der Waals surface area (Å²) in [5.74, 6) is -4.76. The highest BCUT2D eigenvalue weighted by molar-refractivity contribution is 6.01. The van der Waals surface area contributed by atoms with E-state index < -0.39 is 40.9 Å². The maximum Gasteiger partial charge on any atom is 0.328 e. The smallest absolute Gasteiger partial charge is 0.328 e. The third kappa shape index (κ3) is 3.46. The molecule has 1 aromatic carbocycles. The Morgan fingerprint density at radius 1 is 1.35 bits per heavy atom. The van der Waals surface area contributed by atoms with Crippen LogP contribution in [0.25, 0.3) is 0 Å². The summed E-state index contributed by atoms with van der Waals surface area (Å²) < 4.78 is 26.7. The van der Waals surface area contributed by atoms with Gasteiger partial charge in [0, 0.05) is 19.0 Å². The zero-order chi connectivity index (χ0) is 17.4. The minimum absolute atomic E-state index is 0.0943. The molecule has 6 nitrogen and oxygen atoms in total. The average Bonchev–Trinajstić information content (AvgIpc) is 2.80. The molecule has 2 N–H and O–H groups in total. The third-order valence-electron chi connectivity index (χ3n) is 3.67. The number of carboxylic acid groups (broad SMARTS) is 1. The molecule has 1 fully saturated rings. The molecular weight excluding hydrogens is 310 g/mol. The molecule has 0 aromatic heterocycles. The highest BCUT2D eigenvalue weighted by Gasteiger charge is 2.39. The van der Waals surface area contributed by atoms with Gasteiger partial charge in [0.2, 0.25) is 11.8 Å². The van der Waals surface area contributed by atoms with Crippen LogP contribution < -0.4 is 10.2 Å². The second kappa shape index (κ2) is 5.94. The number of hydrogen-bond donors (Lipinski definition) is 2. The molecule has 1 heterocycles. The van der Waals surface area contributed by atoms with Gasteiger partial charge in [-0.2, -0.15) is 0 Å².